The highest BCUT2D eigenvalue weighted by atomic mass is 32.3. The van der Waals surface area contributed by atoms with Crippen LogP contribution in [0.15, 0.2) is 72.8 Å². The third-order valence-corrected chi connectivity index (χ3v) is 6.33. The summed E-state index contributed by atoms with van der Waals surface area (Å²) in [6.45, 7) is 0.0607. The van der Waals surface area contributed by atoms with E-state index in [1.807, 2.05) is 48.5 Å². The molecule has 0 saturated heterocycles. The summed E-state index contributed by atoms with van der Waals surface area (Å²) >= 11 is 0. The van der Waals surface area contributed by atoms with Gasteiger partial charge in [-0.25, -0.2) is 9.59 Å². The molecule has 182 valence electrons. The molecule has 0 unspecified atom stereocenters. The summed E-state index contributed by atoms with van der Waals surface area (Å²) in [5, 5.41) is 9.71. The van der Waals surface area contributed by atoms with E-state index < -0.39 is 28.5 Å². The van der Waals surface area contributed by atoms with Crippen LogP contribution in [0.4, 0.5) is 4.79 Å². The van der Waals surface area contributed by atoms with Crippen LogP contribution in [0.25, 0.3) is 11.1 Å². The molecule has 1 aliphatic carbocycles. The molecule has 1 amide bonds. The first-order chi connectivity index (χ1) is 16.6. The summed E-state index contributed by atoms with van der Waals surface area (Å²) < 4.78 is 40.3. The highest BCUT2D eigenvalue weighted by Gasteiger charge is 2.32. The zero-order chi connectivity index (χ0) is 25.2. The lowest BCUT2D eigenvalue weighted by molar-refractivity contribution is -0.142. The van der Waals surface area contributed by atoms with Crippen molar-refractivity contribution in [1.29, 1.82) is 0 Å². The quantitative estimate of drug-likeness (QED) is 0.450. The summed E-state index contributed by atoms with van der Waals surface area (Å²) in [6.07, 6.45) is -0.826. The van der Waals surface area contributed by atoms with Crippen LogP contribution in [-0.4, -0.2) is 54.7 Å². The van der Waals surface area contributed by atoms with Gasteiger partial charge in [0.1, 0.15) is 18.4 Å². The van der Waals surface area contributed by atoms with Gasteiger partial charge in [-0.1, -0.05) is 60.7 Å². The van der Waals surface area contributed by atoms with Crippen LogP contribution in [-0.2, 0) is 26.4 Å². The molecule has 3 aromatic carbocycles. The van der Waals surface area contributed by atoms with Crippen LogP contribution in [0.1, 0.15) is 22.6 Å². The second-order valence-electron chi connectivity index (χ2n) is 8.13. The Kier molecular flexibility index (Phi) is 6.77. The Morgan fingerprint density at radius 3 is 2.00 bits per heavy atom. The van der Waals surface area contributed by atoms with Gasteiger partial charge in [0, 0.05) is 19.4 Å². The molecule has 1 aliphatic rings. The molecule has 0 radical (unpaired) electrons. The van der Waals surface area contributed by atoms with E-state index in [4.69, 9.17) is 9.29 Å². The van der Waals surface area contributed by atoms with Gasteiger partial charge in [0.25, 0.3) is 0 Å². The monoisotopic (exact) mass is 497 g/mol. The van der Waals surface area contributed by atoms with Crippen molar-refractivity contribution in [3.63, 3.8) is 0 Å². The van der Waals surface area contributed by atoms with Gasteiger partial charge in [0.05, 0.1) is 0 Å². The van der Waals surface area contributed by atoms with Crippen LogP contribution in [0, 0.1) is 0 Å². The van der Waals surface area contributed by atoms with Crippen molar-refractivity contribution in [3.05, 3.63) is 89.5 Å². The zero-order valence-electron chi connectivity index (χ0n) is 18.7. The van der Waals surface area contributed by atoms with E-state index in [2.05, 4.69) is 4.18 Å². The van der Waals surface area contributed by atoms with Crippen LogP contribution in [0.3, 0.4) is 0 Å². The first-order valence-corrected chi connectivity index (χ1v) is 12.1. The zero-order valence-corrected chi connectivity index (χ0v) is 19.5. The lowest BCUT2D eigenvalue weighted by Gasteiger charge is -2.25. The van der Waals surface area contributed by atoms with Gasteiger partial charge in [-0.05, 0) is 39.9 Å². The topological polar surface area (TPSA) is 130 Å². The number of likely N-dealkylation sites (N-methyl/N-ethyl adjacent to an activating group) is 1. The SMILES string of the molecule is CN(C(=O)OCC1c2ccccc2-c2ccccc21)[C@@H](Cc1ccc(OS(=O)(=O)O)cc1)C(=O)O. The number of nitrogens with zero attached hydrogens (tertiary/aromatic N) is 1. The predicted octanol–water partition coefficient (Wildman–Crippen LogP) is 3.74. The third-order valence-electron chi connectivity index (χ3n) is 5.93. The number of carbonyl (C=O) groups excluding carboxylic acids is 1. The van der Waals surface area contributed by atoms with Crippen molar-refractivity contribution in [3.8, 4) is 16.9 Å². The number of carboxylic acid groups (broad SMARTS) is 1. The first-order valence-electron chi connectivity index (χ1n) is 10.7. The Balaban J connectivity index is 1.44. The first kappa shape index (κ1) is 24.2. The lowest BCUT2D eigenvalue weighted by atomic mass is 9.98. The molecule has 1 atom stereocenters. The highest BCUT2D eigenvalue weighted by molar-refractivity contribution is 7.81. The van der Waals surface area contributed by atoms with E-state index in [1.54, 1.807) is 0 Å². The normalized spacial score (nSPS) is 13.4. The Morgan fingerprint density at radius 2 is 1.49 bits per heavy atom. The van der Waals surface area contributed by atoms with Crippen LogP contribution < -0.4 is 4.18 Å². The molecule has 0 spiro atoms. The summed E-state index contributed by atoms with van der Waals surface area (Å²) in [4.78, 5) is 25.7. The van der Waals surface area contributed by atoms with Gasteiger partial charge >= 0.3 is 22.5 Å². The Hall–Kier alpha value is -3.89. The second-order valence-corrected chi connectivity index (χ2v) is 9.15. The molecule has 3 aromatic rings. The standard InChI is InChI=1S/C25H23NO8S/c1-26(23(24(27)28)14-16-10-12-17(13-11-16)34-35(30,31)32)25(29)33-15-22-20-8-4-2-6-18(20)19-7-3-5-9-21(19)22/h2-13,22-23H,14-15H2,1H3,(H,27,28)(H,30,31,32)/t23-/m0/s1. The van der Waals surface area contributed by atoms with Crippen LogP contribution in [0.2, 0.25) is 0 Å². The molecule has 2 N–H and O–H groups in total. The third kappa shape index (κ3) is 5.44. The molecule has 0 saturated carbocycles. The van der Waals surface area contributed by atoms with E-state index >= 15 is 0 Å². The molecule has 9 nitrogen and oxygen atoms in total. The molecule has 0 aliphatic heterocycles. The lowest BCUT2D eigenvalue weighted by Crippen LogP contribution is -2.44. The van der Waals surface area contributed by atoms with E-state index in [9.17, 15) is 23.1 Å². The summed E-state index contributed by atoms with van der Waals surface area (Å²) in [6, 6.07) is 20.0. The molecule has 35 heavy (non-hydrogen) atoms. The van der Waals surface area contributed by atoms with E-state index in [0.29, 0.717) is 5.56 Å². The Labute approximate surface area is 202 Å². The molecule has 0 bridgehead atoms. The number of hydrogen-bond acceptors (Lipinski definition) is 6. The summed E-state index contributed by atoms with van der Waals surface area (Å²) in [5.74, 6) is -1.51. The number of benzene rings is 3. The molecule has 4 rings (SSSR count). The average Bonchev–Trinajstić information content (AvgIpc) is 3.14. The van der Waals surface area contributed by atoms with Gasteiger partial charge in [0.2, 0.25) is 0 Å². The Morgan fingerprint density at radius 1 is 0.943 bits per heavy atom. The van der Waals surface area contributed by atoms with Gasteiger partial charge in [0.15, 0.2) is 0 Å². The van der Waals surface area contributed by atoms with Crippen molar-refractivity contribution in [2.24, 2.45) is 0 Å². The maximum atomic E-state index is 12.8. The number of hydrogen-bond donors (Lipinski definition) is 2. The number of carboxylic acids is 1. The smallest absolute Gasteiger partial charge is 0.446 e. The molecule has 10 heteroatoms. The molecular formula is C25H23NO8S. The minimum absolute atomic E-state index is 0.0534. The molecule has 0 fully saturated rings. The van der Waals surface area contributed by atoms with Gasteiger partial charge in [-0.15, -0.1) is 0 Å². The van der Waals surface area contributed by atoms with E-state index in [1.165, 1.54) is 31.3 Å². The van der Waals surface area contributed by atoms with E-state index in [-0.39, 0.29) is 24.7 Å². The fourth-order valence-electron chi connectivity index (χ4n) is 4.24. The molecular weight excluding hydrogens is 474 g/mol. The maximum Gasteiger partial charge on any atom is 0.446 e. The number of amides is 1. The van der Waals surface area contributed by atoms with Crippen molar-refractivity contribution in [1.82, 2.24) is 4.90 Å². The fraction of sp³-hybridized carbons (Fsp3) is 0.200. The number of carbonyl (C=O) groups is 2. The van der Waals surface area contributed by atoms with Gasteiger partial charge in [-0.3, -0.25) is 9.45 Å². The van der Waals surface area contributed by atoms with Gasteiger partial charge < -0.3 is 14.0 Å². The van der Waals surface area contributed by atoms with Crippen LogP contribution in [0.5, 0.6) is 5.75 Å². The van der Waals surface area contributed by atoms with E-state index in [0.717, 1.165) is 27.2 Å². The average molecular weight is 498 g/mol. The number of rotatable bonds is 8. The van der Waals surface area contributed by atoms with Crippen molar-refractivity contribution < 1.29 is 36.6 Å². The second kappa shape index (κ2) is 9.77. The minimum Gasteiger partial charge on any atom is -0.480 e. The minimum atomic E-state index is -4.67. The predicted molar refractivity (Wildman–Crippen MR) is 127 cm³/mol. The number of ether oxygens (including phenoxy) is 1. The molecule has 0 heterocycles. The van der Waals surface area contributed by atoms with Gasteiger partial charge in [-0.2, -0.15) is 8.42 Å². The van der Waals surface area contributed by atoms with Crippen molar-refractivity contribution in [2.45, 2.75) is 18.4 Å². The highest BCUT2D eigenvalue weighted by Crippen LogP contribution is 2.44. The largest absolute Gasteiger partial charge is 0.480 e. The number of fused-ring (bicyclic) bond motifs is 3. The van der Waals surface area contributed by atoms with Crippen molar-refractivity contribution in [2.75, 3.05) is 13.7 Å². The summed E-state index contributed by atoms with van der Waals surface area (Å²) in [5.41, 5.74) is 4.78. The summed E-state index contributed by atoms with van der Waals surface area (Å²) in [7, 11) is -3.31. The molecule has 0 aromatic heterocycles. The Bertz CT molecular complexity index is 1310. The van der Waals surface area contributed by atoms with Crippen LogP contribution >= 0.6 is 0 Å². The number of aliphatic carboxylic acids is 1. The maximum absolute atomic E-state index is 12.8. The fourth-order valence-corrected chi connectivity index (χ4v) is 4.59. The van der Waals surface area contributed by atoms with Crippen molar-refractivity contribution >= 4 is 22.5 Å².